The maximum absolute atomic E-state index is 12.2. The summed E-state index contributed by atoms with van der Waals surface area (Å²) in [5.41, 5.74) is 1.77. The van der Waals surface area contributed by atoms with Crippen molar-refractivity contribution in [3.05, 3.63) is 85.4 Å². The first-order valence-electron chi connectivity index (χ1n) is 8.60. The van der Waals surface area contributed by atoms with E-state index >= 15 is 0 Å². The molecule has 0 aliphatic carbocycles. The molecule has 0 fully saturated rings. The molecule has 0 aliphatic rings. The summed E-state index contributed by atoms with van der Waals surface area (Å²) in [7, 11) is 0. The smallest absolute Gasteiger partial charge is 0.344 e. The second kappa shape index (κ2) is 14.3. The van der Waals surface area contributed by atoms with Crippen molar-refractivity contribution in [1.29, 1.82) is 0 Å². The fourth-order valence-electron chi connectivity index (χ4n) is 2.30. The third-order valence-electron chi connectivity index (χ3n) is 3.34. The highest BCUT2D eigenvalue weighted by molar-refractivity contribution is 6.04. The van der Waals surface area contributed by atoms with Crippen LogP contribution in [-0.4, -0.2) is 25.2 Å². The normalized spacial score (nSPS) is 9.26. The Balaban J connectivity index is 0.00000119. The molecule has 0 aliphatic heterocycles. The molecule has 0 bridgehead atoms. The van der Waals surface area contributed by atoms with Gasteiger partial charge in [0.2, 0.25) is 0 Å². The van der Waals surface area contributed by atoms with Crippen molar-refractivity contribution in [2.75, 3.05) is 13.2 Å². The zero-order valence-corrected chi connectivity index (χ0v) is 16.2. The lowest BCUT2D eigenvalue weighted by Crippen LogP contribution is -2.15. The van der Waals surface area contributed by atoms with Crippen molar-refractivity contribution in [1.82, 2.24) is 0 Å². The summed E-state index contributed by atoms with van der Waals surface area (Å²) in [4.78, 5) is 24.3. The predicted molar refractivity (Wildman–Crippen MR) is 108 cm³/mol. The van der Waals surface area contributed by atoms with Gasteiger partial charge in [-0.1, -0.05) is 31.4 Å². The second-order valence-electron chi connectivity index (χ2n) is 5.04. The Morgan fingerprint density at radius 2 is 1.44 bits per heavy atom. The van der Waals surface area contributed by atoms with E-state index in [9.17, 15) is 9.59 Å². The number of hydrogen-bond acceptors (Lipinski definition) is 5. The Morgan fingerprint density at radius 1 is 0.889 bits per heavy atom. The molecule has 0 saturated heterocycles. The molecule has 0 radical (unpaired) electrons. The van der Waals surface area contributed by atoms with Crippen LogP contribution in [0.15, 0.2) is 63.1 Å². The van der Waals surface area contributed by atoms with Crippen molar-refractivity contribution in [3.63, 3.8) is 0 Å². The Hall–Kier alpha value is -2.92. The van der Waals surface area contributed by atoms with Crippen molar-refractivity contribution in [3.8, 4) is 0 Å². The van der Waals surface area contributed by atoms with Gasteiger partial charge in [0.25, 0.3) is 0 Å². The lowest BCUT2D eigenvalue weighted by molar-refractivity contribution is 0.0618. The SMILES string of the molecule is C=CCc1ccc(C(=O)OC=C)c(C(=O)OC=C)c1CC=C.CCOCC. The molecule has 27 heavy (non-hydrogen) atoms. The summed E-state index contributed by atoms with van der Waals surface area (Å²) in [6, 6.07) is 3.28. The summed E-state index contributed by atoms with van der Waals surface area (Å²) in [5.74, 6) is -1.35. The number of allylic oxidation sites excluding steroid dienone is 2. The van der Waals surface area contributed by atoms with Gasteiger partial charge in [-0.2, -0.15) is 0 Å². The van der Waals surface area contributed by atoms with E-state index in [4.69, 9.17) is 14.2 Å². The van der Waals surface area contributed by atoms with Crippen molar-refractivity contribution in [2.24, 2.45) is 0 Å². The summed E-state index contributed by atoms with van der Waals surface area (Å²) in [6.07, 6.45) is 6.34. The molecule has 1 aromatic carbocycles. The number of ether oxygens (including phenoxy) is 3. The zero-order chi connectivity index (χ0) is 20.7. The van der Waals surface area contributed by atoms with E-state index in [0.717, 1.165) is 31.3 Å². The van der Waals surface area contributed by atoms with Gasteiger partial charge in [0, 0.05) is 13.2 Å². The summed E-state index contributed by atoms with van der Waals surface area (Å²) < 4.78 is 14.5. The number of rotatable bonds is 10. The molecular formula is C22H28O5. The molecule has 0 aromatic heterocycles. The highest BCUT2D eigenvalue weighted by Gasteiger charge is 2.24. The van der Waals surface area contributed by atoms with Crippen LogP contribution >= 0.6 is 0 Å². The predicted octanol–water partition coefficient (Wildman–Crippen LogP) is 4.79. The van der Waals surface area contributed by atoms with Crippen LogP contribution in [0.3, 0.4) is 0 Å². The Bertz CT molecular complexity index is 672. The number of esters is 2. The van der Waals surface area contributed by atoms with Crippen LogP contribution in [0.1, 0.15) is 45.7 Å². The minimum absolute atomic E-state index is 0.108. The fraction of sp³-hybridized carbons (Fsp3) is 0.273. The maximum Gasteiger partial charge on any atom is 0.344 e. The third-order valence-corrected chi connectivity index (χ3v) is 3.34. The van der Waals surface area contributed by atoms with E-state index in [1.807, 2.05) is 13.8 Å². The largest absolute Gasteiger partial charge is 0.432 e. The molecule has 1 aromatic rings. The van der Waals surface area contributed by atoms with E-state index in [1.165, 1.54) is 6.07 Å². The van der Waals surface area contributed by atoms with E-state index in [1.54, 1.807) is 18.2 Å². The van der Waals surface area contributed by atoms with Crippen molar-refractivity contribution in [2.45, 2.75) is 26.7 Å². The molecule has 0 unspecified atom stereocenters. The lowest BCUT2D eigenvalue weighted by atomic mass is 9.92. The molecule has 0 heterocycles. The zero-order valence-electron chi connectivity index (χ0n) is 16.2. The number of benzene rings is 1. The molecule has 5 nitrogen and oxygen atoms in total. The third kappa shape index (κ3) is 7.88. The van der Waals surface area contributed by atoms with Gasteiger partial charge in [0.05, 0.1) is 23.7 Å². The summed E-state index contributed by atoms with van der Waals surface area (Å²) >= 11 is 0. The molecule has 1 rings (SSSR count). The van der Waals surface area contributed by atoms with Crippen LogP contribution in [0.2, 0.25) is 0 Å². The minimum atomic E-state index is -0.679. The van der Waals surface area contributed by atoms with Crippen molar-refractivity contribution < 1.29 is 23.8 Å². The van der Waals surface area contributed by atoms with Crippen LogP contribution in [0.5, 0.6) is 0 Å². The average Bonchev–Trinajstić information content (AvgIpc) is 2.64. The standard InChI is InChI=1S/C18H18O4.C4H10O/c1-5-9-13-11-12-15(17(19)21-7-3)16(14(13)10-6-2)18(20)22-8-4;1-3-5-4-2/h5-8,11-12H,1-4,9-10H2;3-4H2,1-2H3. The maximum atomic E-state index is 12.2. The van der Waals surface area contributed by atoms with Gasteiger partial charge in [-0.25, -0.2) is 9.59 Å². The molecule has 5 heteroatoms. The van der Waals surface area contributed by atoms with E-state index in [-0.39, 0.29) is 11.1 Å². The van der Waals surface area contributed by atoms with Crippen LogP contribution in [0.4, 0.5) is 0 Å². The van der Waals surface area contributed by atoms with Crippen molar-refractivity contribution >= 4 is 11.9 Å². The van der Waals surface area contributed by atoms with Gasteiger partial charge in [-0.05, 0) is 43.9 Å². The second-order valence-corrected chi connectivity index (χ2v) is 5.04. The van der Waals surface area contributed by atoms with Crippen LogP contribution in [-0.2, 0) is 27.1 Å². The van der Waals surface area contributed by atoms with Gasteiger partial charge < -0.3 is 14.2 Å². The van der Waals surface area contributed by atoms with Gasteiger partial charge in [0.1, 0.15) is 0 Å². The molecule has 0 saturated carbocycles. The Kier molecular flexibility index (Phi) is 12.7. The van der Waals surface area contributed by atoms with Gasteiger partial charge in [-0.3, -0.25) is 0 Å². The fourth-order valence-corrected chi connectivity index (χ4v) is 2.30. The first kappa shape index (κ1) is 24.1. The van der Waals surface area contributed by atoms with E-state index in [0.29, 0.717) is 18.4 Å². The highest BCUT2D eigenvalue weighted by atomic mass is 16.5. The Labute approximate surface area is 161 Å². The minimum Gasteiger partial charge on any atom is -0.432 e. The first-order valence-corrected chi connectivity index (χ1v) is 8.60. The lowest BCUT2D eigenvalue weighted by Gasteiger charge is -2.15. The van der Waals surface area contributed by atoms with Gasteiger partial charge >= 0.3 is 11.9 Å². The van der Waals surface area contributed by atoms with Crippen LogP contribution in [0.25, 0.3) is 0 Å². The molecule has 146 valence electrons. The van der Waals surface area contributed by atoms with Crippen LogP contribution < -0.4 is 0 Å². The van der Waals surface area contributed by atoms with Gasteiger partial charge in [0.15, 0.2) is 0 Å². The molecular weight excluding hydrogens is 344 g/mol. The van der Waals surface area contributed by atoms with Crippen LogP contribution in [0, 0.1) is 0 Å². The topological polar surface area (TPSA) is 61.8 Å². The average molecular weight is 372 g/mol. The van der Waals surface area contributed by atoms with E-state index in [2.05, 4.69) is 26.3 Å². The number of carbonyl (C=O) groups is 2. The number of carbonyl (C=O) groups excluding carboxylic acids is 2. The first-order chi connectivity index (χ1) is 13.0. The van der Waals surface area contributed by atoms with E-state index < -0.39 is 11.9 Å². The number of hydrogen-bond donors (Lipinski definition) is 0. The molecule has 0 amide bonds. The summed E-state index contributed by atoms with van der Waals surface area (Å²) in [5, 5.41) is 0. The highest BCUT2D eigenvalue weighted by Crippen LogP contribution is 2.24. The molecule has 0 atom stereocenters. The summed E-state index contributed by atoms with van der Waals surface area (Å²) in [6.45, 7) is 19.7. The van der Waals surface area contributed by atoms with Gasteiger partial charge in [-0.15, -0.1) is 13.2 Å². The molecule has 0 spiro atoms. The Morgan fingerprint density at radius 3 is 1.89 bits per heavy atom. The monoisotopic (exact) mass is 372 g/mol. The molecule has 0 N–H and O–H groups in total. The quantitative estimate of drug-likeness (QED) is 0.336.